The summed E-state index contributed by atoms with van der Waals surface area (Å²) in [5.41, 5.74) is 2.39. The molecule has 23 heteroatoms. The first-order valence-corrected chi connectivity index (χ1v) is 18.1. The predicted octanol–water partition coefficient (Wildman–Crippen LogP) is 1.00. The number of aromatic nitrogens is 6. The van der Waals surface area contributed by atoms with Crippen LogP contribution in [-0.4, -0.2) is 121 Å². The Morgan fingerprint density at radius 3 is 2.39 bits per heavy atom. The predicted molar refractivity (Wildman–Crippen MR) is 184 cm³/mol. The molecule has 2 aliphatic rings. The molecule has 0 radical (unpaired) electrons. The number of aliphatic carboxylic acids is 1. The Balaban J connectivity index is 1.43. The van der Waals surface area contributed by atoms with Gasteiger partial charge in [0, 0.05) is 29.6 Å². The Morgan fingerprint density at radius 2 is 1.78 bits per heavy atom. The van der Waals surface area contributed by atoms with Gasteiger partial charge in [0.15, 0.2) is 5.13 Å². The summed E-state index contributed by atoms with van der Waals surface area (Å²) in [6.07, 6.45) is -0.591. The van der Waals surface area contributed by atoms with Gasteiger partial charge in [-0.15, -0.1) is 16.9 Å². The van der Waals surface area contributed by atoms with Gasteiger partial charge in [0.05, 0.1) is 6.54 Å². The van der Waals surface area contributed by atoms with Crippen molar-refractivity contribution >= 4 is 75.7 Å². The number of carboxylic acids is 1. The van der Waals surface area contributed by atoms with Crippen molar-refractivity contribution in [2.75, 3.05) is 23.8 Å². The van der Waals surface area contributed by atoms with Gasteiger partial charge in [0.1, 0.15) is 28.3 Å². The molecular weight excluding hydrogens is 731 g/mol. The number of carbonyl (C=O) groups excluding carboxylic acids is 4. The average Bonchev–Trinajstić information content (AvgIpc) is 3.64. The first-order chi connectivity index (χ1) is 23.7. The number of esters is 1. The molecule has 20 nitrogen and oxygen atoms in total. The van der Waals surface area contributed by atoms with Crippen LogP contribution in [0.4, 0.5) is 9.93 Å². The SMILES string of the molecule is CC(C)(C)OC(=O)NCCn1nnnc1SCC1=C(C(=O)O)N2C(=O)C(NC(=O)/C(=N\OC(C)(C)C(=O)OC(C)(C)C)c3nsc(N)n3)[C@H]2SC1. The molecule has 0 bridgehead atoms. The van der Waals surface area contributed by atoms with E-state index in [9.17, 15) is 29.1 Å². The fraction of sp³-hybridized carbons (Fsp3) is 0.607. The van der Waals surface area contributed by atoms with E-state index in [4.69, 9.17) is 20.0 Å². The third kappa shape index (κ3) is 10.1. The number of amides is 3. The smallest absolute Gasteiger partial charge is 0.407 e. The number of rotatable bonds is 13. The minimum absolute atomic E-state index is 0.0266. The van der Waals surface area contributed by atoms with Gasteiger partial charge in [-0.2, -0.15) is 9.36 Å². The highest BCUT2D eigenvalue weighted by molar-refractivity contribution is 8.01. The number of carboxylic acid groups (broad SMARTS) is 1. The van der Waals surface area contributed by atoms with Crippen LogP contribution in [0.2, 0.25) is 0 Å². The highest BCUT2D eigenvalue weighted by Crippen LogP contribution is 2.41. The van der Waals surface area contributed by atoms with Crippen LogP contribution in [0, 0.1) is 0 Å². The number of alkyl carbamates (subject to hydrolysis) is 1. The summed E-state index contributed by atoms with van der Waals surface area (Å²) >= 11 is 3.20. The van der Waals surface area contributed by atoms with E-state index >= 15 is 0 Å². The van der Waals surface area contributed by atoms with Crippen LogP contribution in [-0.2, 0) is 40.0 Å². The number of nitrogen functional groups attached to an aromatic ring is 1. The van der Waals surface area contributed by atoms with Gasteiger partial charge in [-0.25, -0.2) is 19.1 Å². The lowest BCUT2D eigenvalue weighted by molar-refractivity contribution is -0.179. The second kappa shape index (κ2) is 15.4. The summed E-state index contributed by atoms with van der Waals surface area (Å²) < 4.78 is 16.0. The van der Waals surface area contributed by atoms with Gasteiger partial charge >= 0.3 is 18.0 Å². The quantitative estimate of drug-likeness (QED) is 0.0728. The fourth-order valence-corrected chi connectivity index (χ4v) is 7.11. The number of nitrogens with zero attached hydrogens (tertiary/aromatic N) is 8. The van der Waals surface area contributed by atoms with Crippen molar-refractivity contribution in [1.29, 1.82) is 0 Å². The maximum atomic E-state index is 13.5. The molecule has 1 unspecified atom stereocenters. The van der Waals surface area contributed by atoms with Gasteiger partial charge in [-0.05, 0) is 71.4 Å². The topological polar surface area (TPSA) is 268 Å². The lowest BCUT2D eigenvalue weighted by atomic mass is 10.0. The first kappa shape index (κ1) is 39.3. The Morgan fingerprint density at radius 1 is 1.10 bits per heavy atom. The standard InChI is InChI=1S/C28H39N11O9S3/c1-26(2,3)46-22(44)28(7,8)48-34-14(17-32-23(29)51-35-17)18(40)31-15-19(41)39-16(21(42)43)13(11-49-20(15)39)12-50-24-33-36-37-38(24)10-9-30-25(45)47-27(4,5)6/h15,20H,9-12H2,1-8H3,(H,30,45)(H,31,40)(H,42,43)(H2,29,32,35)/b34-14-/t15?,20-/m1/s1. The summed E-state index contributed by atoms with van der Waals surface area (Å²) in [4.78, 5) is 74.5. The third-order valence-corrected chi connectivity index (χ3v) is 9.45. The Hall–Kier alpha value is -4.51. The van der Waals surface area contributed by atoms with E-state index in [2.05, 4.69) is 40.7 Å². The molecule has 3 amide bonds. The minimum atomic E-state index is -1.63. The lowest BCUT2D eigenvalue weighted by Gasteiger charge is -2.49. The van der Waals surface area contributed by atoms with Crippen molar-refractivity contribution in [3.05, 3.63) is 17.1 Å². The number of ether oxygens (including phenoxy) is 2. The molecule has 0 aromatic carbocycles. The van der Waals surface area contributed by atoms with Gasteiger partial charge in [0.2, 0.25) is 22.3 Å². The molecule has 0 aliphatic carbocycles. The molecule has 2 aliphatic heterocycles. The molecule has 0 spiro atoms. The Kier molecular flexibility index (Phi) is 11.9. The van der Waals surface area contributed by atoms with E-state index in [-0.39, 0.29) is 41.2 Å². The lowest BCUT2D eigenvalue weighted by Crippen LogP contribution is -2.71. The molecule has 2 aromatic heterocycles. The van der Waals surface area contributed by atoms with Gasteiger partial charge in [-0.1, -0.05) is 16.9 Å². The number of nitrogens with one attached hydrogen (secondary N) is 2. The van der Waals surface area contributed by atoms with E-state index in [1.54, 1.807) is 41.5 Å². The zero-order chi connectivity index (χ0) is 37.9. The number of oxime groups is 1. The highest BCUT2D eigenvalue weighted by Gasteiger charge is 2.54. The van der Waals surface area contributed by atoms with Crippen LogP contribution in [0.5, 0.6) is 0 Å². The van der Waals surface area contributed by atoms with Crippen molar-refractivity contribution in [2.24, 2.45) is 5.16 Å². The Bertz CT molecular complexity index is 1740. The van der Waals surface area contributed by atoms with Gasteiger partial charge < -0.3 is 35.8 Å². The molecule has 1 fully saturated rings. The van der Waals surface area contributed by atoms with Crippen molar-refractivity contribution in [1.82, 2.24) is 45.1 Å². The highest BCUT2D eigenvalue weighted by atomic mass is 32.2. The number of hydrogen-bond acceptors (Lipinski definition) is 18. The number of fused-ring (bicyclic) bond motifs is 1. The van der Waals surface area contributed by atoms with Crippen LogP contribution in [0.15, 0.2) is 21.6 Å². The first-order valence-electron chi connectivity index (χ1n) is 15.3. The zero-order valence-electron chi connectivity index (χ0n) is 29.1. The second-order valence-electron chi connectivity index (χ2n) is 13.5. The molecule has 4 rings (SSSR count). The minimum Gasteiger partial charge on any atom is -0.477 e. The second-order valence-corrected chi connectivity index (χ2v) is 16.4. The maximum Gasteiger partial charge on any atom is 0.407 e. The largest absolute Gasteiger partial charge is 0.477 e. The van der Waals surface area contributed by atoms with Crippen molar-refractivity contribution < 1.29 is 43.4 Å². The van der Waals surface area contributed by atoms with Crippen molar-refractivity contribution in [3.8, 4) is 0 Å². The molecule has 2 aromatic rings. The number of thioether (sulfide) groups is 2. The van der Waals surface area contributed by atoms with Gasteiger partial charge in [0.25, 0.3) is 11.8 Å². The molecular formula is C28H39N11O9S3. The van der Waals surface area contributed by atoms with Crippen LogP contribution < -0.4 is 16.4 Å². The zero-order valence-corrected chi connectivity index (χ0v) is 31.5. The number of hydrogen-bond donors (Lipinski definition) is 4. The summed E-state index contributed by atoms with van der Waals surface area (Å²) in [6.45, 7) is 13.5. The molecule has 5 N–H and O–H groups in total. The molecule has 2 atom stereocenters. The fourth-order valence-electron chi connectivity index (χ4n) is 4.29. The molecule has 1 saturated heterocycles. The number of anilines is 1. The maximum absolute atomic E-state index is 13.5. The summed E-state index contributed by atoms with van der Waals surface area (Å²) in [7, 11) is 0. The van der Waals surface area contributed by atoms with E-state index < -0.39 is 63.8 Å². The van der Waals surface area contributed by atoms with E-state index in [1.807, 2.05) is 0 Å². The van der Waals surface area contributed by atoms with Crippen LogP contribution in [0.25, 0.3) is 0 Å². The summed E-state index contributed by atoms with van der Waals surface area (Å²) in [6, 6.07) is -1.13. The third-order valence-electron chi connectivity index (χ3n) is 6.53. The molecule has 278 valence electrons. The monoisotopic (exact) mass is 769 g/mol. The molecule has 51 heavy (non-hydrogen) atoms. The van der Waals surface area contributed by atoms with Crippen molar-refractivity contribution in [3.63, 3.8) is 0 Å². The summed E-state index contributed by atoms with van der Waals surface area (Å²) in [5, 5.41) is 30.4. The van der Waals surface area contributed by atoms with Crippen molar-refractivity contribution in [2.45, 2.75) is 95.3 Å². The molecule has 4 heterocycles. The van der Waals surface area contributed by atoms with E-state index in [0.29, 0.717) is 10.7 Å². The summed E-state index contributed by atoms with van der Waals surface area (Å²) in [5.74, 6) is -3.50. The number of tetrazole rings is 1. The number of β-lactam (4-membered cyclic amide) rings is 1. The van der Waals surface area contributed by atoms with Crippen LogP contribution in [0.1, 0.15) is 61.2 Å². The van der Waals surface area contributed by atoms with E-state index in [1.165, 1.54) is 30.3 Å². The van der Waals surface area contributed by atoms with Gasteiger partial charge in [-0.3, -0.25) is 14.5 Å². The molecule has 0 saturated carbocycles. The van der Waals surface area contributed by atoms with E-state index in [0.717, 1.165) is 28.2 Å². The Labute approximate surface area is 304 Å². The van der Waals surface area contributed by atoms with Crippen LogP contribution in [0.3, 0.4) is 0 Å². The number of nitrogens with two attached hydrogens (primary N) is 1. The van der Waals surface area contributed by atoms with Crippen LogP contribution >= 0.6 is 35.1 Å². The normalized spacial score (nSPS) is 18.1. The average molecular weight is 770 g/mol. The number of carbonyl (C=O) groups is 5.